The fraction of sp³-hybridized carbons (Fsp3) is 0.556. The van der Waals surface area contributed by atoms with E-state index in [4.69, 9.17) is 0 Å². The second-order valence-corrected chi connectivity index (χ2v) is 7.17. The molecule has 0 aromatic heterocycles. The maximum atomic E-state index is 12.6. The summed E-state index contributed by atoms with van der Waals surface area (Å²) in [5.74, 6) is -0.622. The number of carbonyl (C=O) groups is 2. The fourth-order valence-corrected chi connectivity index (χ4v) is 4.74. The first-order valence-electron chi connectivity index (χ1n) is 8.47. The average Bonchev–Trinajstić information content (AvgIpc) is 3.19. The highest BCUT2D eigenvalue weighted by Gasteiger charge is 2.55. The van der Waals surface area contributed by atoms with Gasteiger partial charge in [0.1, 0.15) is 0 Å². The number of carbonyl (C=O) groups excluding carboxylic acids is 1. The van der Waals surface area contributed by atoms with Crippen LogP contribution in [0.15, 0.2) is 24.3 Å². The molecule has 2 N–H and O–H groups in total. The molecule has 2 fully saturated rings. The summed E-state index contributed by atoms with van der Waals surface area (Å²) in [6.45, 7) is 0.930. The van der Waals surface area contributed by atoms with Gasteiger partial charge in [0.2, 0.25) is 0 Å². The van der Waals surface area contributed by atoms with Gasteiger partial charge in [-0.25, -0.2) is 4.79 Å². The van der Waals surface area contributed by atoms with Crippen LogP contribution in [0.5, 0.6) is 0 Å². The van der Waals surface area contributed by atoms with Crippen LogP contribution in [0.4, 0.5) is 4.79 Å². The van der Waals surface area contributed by atoms with Crippen LogP contribution in [0.25, 0.3) is 0 Å². The first kappa shape index (κ1) is 14.5. The van der Waals surface area contributed by atoms with Gasteiger partial charge in [-0.1, -0.05) is 30.7 Å². The SMILES string of the molecule is O=C(NC1CCc2ccccc21)N1C[C@@H]2CCC[C@@]2(C(=O)O)C1. The first-order valence-corrected chi connectivity index (χ1v) is 8.47. The molecule has 5 nitrogen and oxygen atoms in total. The van der Waals surface area contributed by atoms with Crippen molar-refractivity contribution in [1.82, 2.24) is 10.2 Å². The quantitative estimate of drug-likeness (QED) is 0.881. The molecule has 3 aliphatic rings. The number of hydrogen-bond donors (Lipinski definition) is 2. The molecule has 1 saturated carbocycles. The van der Waals surface area contributed by atoms with E-state index in [1.807, 2.05) is 12.1 Å². The minimum Gasteiger partial charge on any atom is -0.481 e. The molecule has 3 atom stereocenters. The first-order chi connectivity index (χ1) is 11.1. The zero-order valence-electron chi connectivity index (χ0n) is 13.1. The highest BCUT2D eigenvalue weighted by Crippen LogP contribution is 2.49. The molecular formula is C18H22N2O3. The number of rotatable bonds is 2. The molecule has 1 aromatic rings. The van der Waals surface area contributed by atoms with Gasteiger partial charge in [0.25, 0.3) is 0 Å². The van der Waals surface area contributed by atoms with Crippen LogP contribution in [0.3, 0.4) is 0 Å². The highest BCUT2D eigenvalue weighted by molar-refractivity contribution is 5.81. The monoisotopic (exact) mass is 314 g/mol. The van der Waals surface area contributed by atoms with Gasteiger partial charge >= 0.3 is 12.0 Å². The number of amides is 2. The van der Waals surface area contributed by atoms with Gasteiger partial charge in [0.05, 0.1) is 11.5 Å². The third kappa shape index (κ3) is 2.21. The van der Waals surface area contributed by atoms with Crippen LogP contribution in [-0.4, -0.2) is 35.1 Å². The lowest BCUT2D eigenvalue weighted by Crippen LogP contribution is -2.42. The number of nitrogens with one attached hydrogen (secondary N) is 1. The van der Waals surface area contributed by atoms with E-state index in [0.29, 0.717) is 19.5 Å². The largest absolute Gasteiger partial charge is 0.481 e. The molecule has 0 bridgehead atoms. The molecule has 2 aliphatic carbocycles. The smallest absolute Gasteiger partial charge is 0.317 e. The molecule has 2 amide bonds. The molecule has 1 unspecified atom stereocenters. The van der Waals surface area contributed by atoms with Gasteiger partial charge in [-0.2, -0.15) is 0 Å². The minimum atomic E-state index is -0.735. The summed E-state index contributed by atoms with van der Waals surface area (Å²) in [6.07, 6.45) is 4.49. The number of urea groups is 1. The Morgan fingerprint density at radius 2 is 2.09 bits per heavy atom. The lowest BCUT2D eigenvalue weighted by atomic mass is 9.81. The molecule has 122 valence electrons. The number of likely N-dealkylation sites (tertiary alicyclic amines) is 1. The van der Waals surface area contributed by atoms with Crippen molar-refractivity contribution in [2.45, 2.75) is 38.1 Å². The summed E-state index contributed by atoms with van der Waals surface area (Å²) in [7, 11) is 0. The Morgan fingerprint density at radius 3 is 2.87 bits per heavy atom. The second-order valence-electron chi connectivity index (χ2n) is 7.17. The van der Waals surface area contributed by atoms with Gasteiger partial charge in [-0.3, -0.25) is 4.79 Å². The summed E-state index contributed by atoms with van der Waals surface area (Å²) in [4.78, 5) is 26.1. The van der Waals surface area contributed by atoms with Crippen molar-refractivity contribution in [2.24, 2.45) is 11.3 Å². The Hall–Kier alpha value is -2.04. The summed E-state index contributed by atoms with van der Waals surface area (Å²) < 4.78 is 0. The molecule has 1 heterocycles. The molecule has 23 heavy (non-hydrogen) atoms. The van der Waals surface area contributed by atoms with E-state index in [2.05, 4.69) is 17.4 Å². The van der Waals surface area contributed by atoms with E-state index in [1.165, 1.54) is 11.1 Å². The number of aryl methyl sites for hydroxylation is 1. The van der Waals surface area contributed by atoms with Crippen molar-refractivity contribution >= 4 is 12.0 Å². The molecule has 1 aliphatic heterocycles. The Morgan fingerprint density at radius 1 is 1.26 bits per heavy atom. The number of carboxylic acid groups (broad SMARTS) is 1. The van der Waals surface area contributed by atoms with Crippen LogP contribution >= 0.6 is 0 Å². The van der Waals surface area contributed by atoms with Crippen LogP contribution in [0, 0.1) is 11.3 Å². The standard InChI is InChI=1S/C18H22N2O3/c21-16(22)18-9-3-5-13(18)10-20(11-18)17(23)19-15-8-7-12-4-1-2-6-14(12)15/h1-2,4,6,13,15H,3,5,7-11H2,(H,19,23)(H,21,22)/t13-,15?,18+/m0/s1. The lowest BCUT2D eigenvalue weighted by Gasteiger charge is -2.24. The van der Waals surface area contributed by atoms with Gasteiger partial charge in [-0.15, -0.1) is 0 Å². The number of benzene rings is 1. The van der Waals surface area contributed by atoms with Crippen molar-refractivity contribution in [3.8, 4) is 0 Å². The predicted molar refractivity (Wildman–Crippen MR) is 85.0 cm³/mol. The molecule has 5 heteroatoms. The van der Waals surface area contributed by atoms with Crippen LogP contribution in [-0.2, 0) is 11.2 Å². The third-order valence-electron chi connectivity index (χ3n) is 6.01. The zero-order valence-corrected chi connectivity index (χ0v) is 13.1. The Kier molecular flexibility index (Phi) is 3.32. The van der Waals surface area contributed by atoms with Gasteiger partial charge < -0.3 is 15.3 Å². The second kappa shape index (κ2) is 5.25. The van der Waals surface area contributed by atoms with Crippen molar-refractivity contribution in [3.05, 3.63) is 35.4 Å². The maximum Gasteiger partial charge on any atom is 0.317 e. The van der Waals surface area contributed by atoms with Crippen molar-refractivity contribution in [2.75, 3.05) is 13.1 Å². The number of carboxylic acids is 1. The number of fused-ring (bicyclic) bond motifs is 2. The van der Waals surface area contributed by atoms with Crippen molar-refractivity contribution in [3.63, 3.8) is 0 Å². The zero-order chi connectivity index (χ0) is 16.0. The molecule has 0 spiro atoms. The minimum absolute atomic E-state index is 0.0555. The number of aliphatic carboxylic acids is 1. The molecule has 0 radical (unpaired) electrons. The van der Waals surface area contributed by atoms with Crippen molar-refractivity contribution in [1.29, 1.82) is 0 Å². The molecule has 1 aromatic carbocycles. The van der Waals surface area contributed by atoms with Crippen molar-refractivity contribution < 1.29 is 14.7 Å². The predicted octanol–water partition coefficient (Wildman–Crippen LogP) is 2.57. The number of hydrogen-bond acceptors (Lipinski definition) is 2. The lowest BCUT2D eigenvalue weighted by molar-refractivity contribution is -0.149. The summed E-state index contributed by atoms with van der Waals surface area (Å²) in [5.41, 5.74) is 1.80. The van der Waals surface area contributed by atoms with E-state index < -0.39 is 11.4 Å². The van der Waals surface area contributed by atoms with Crippen LogP contribution in [0.2, 0.25) is 0 Å². The van der Waals surface area contributed by atoms with Gasteiger partial charge in [0.15, 0.2) is 0 Å². The maximum absolute atomic E-state index is 12.6. The van der Waals surface area contributed by atoms with Gasteiger partial charge in [0, 0.05) is 13.1 Å². The summed E-state index contributed by atoms with van der Waals surface area (Å²) in [6, 6.07) is 8.16. The topological polar surface area (TPSA) is 69.6 Å². The Bertz CT molecular complexity index is 659. The molecule has 1 saturated heterocycles. The Balaban J connectivity index is 1.46. The van der Waals surface area contributed by atoms with E-state index in [-0.39, 0.29) is 18.0 Å². The average molecular weight is 314 g/mol. The Labute approximate surface area is 135 Å². The third-order valence-corrected chi connectivity index (χ3v) is 6.01. The highest BCUT2D eigenvalue weighted by atomic mass is 16.4. The summed E-state index contributed by atoms with van der Waals surface area (Å²) in [5, 5.41) is 12.7. The normalized spacial score (nSPS) is 31.7. The van der Waals surface area contributed by atoms with Gasteiger partial charge in [-0.05, 0) is 42.7 Å². The van der Waals surface area contributed by atoms with E-state index in [1.54, 1.807) is 4.90 Å². The van der Waals surface area contributed by atoms with E-state index >= 15 is 0 Å². The molecule has 4 rings (SSSR count). The van der Waals surface area contributed by atoms with Crippen LogP contribution < -0.4 is 5.32 Å². The van der Waals surface area contributed by atoms with E-state index in [0.717, 1.165) is 25.7 Å². The molecular weight excluding hydrogens is 292 g/mol. The fourth-order valence-electron chi connectivity index (χ4n) is 4.74. The van der Waals surface area contributed by atoms with E-state index in [9.17, 15) is 14.7 Å². The summed E-state index contributed by atoms with van der Waals surface area (Å²) >= 11 is 0. The number of nitrogens with zero attached hydrogens (tertiary/aromatic N) is 1. The van der Waals surface area contributed by atoms with Crippen LogP contribution in [0.1, 0.15) is 42.9 Å².